The van der Waals surface area contributed by atoms with Crippen LogP contribution in [0, 0.1) is 0 Å². The Morgan fingerprint density at radius 1 is 1.22 bits per heavy atom. The summed E-state index contributed by atoms with van der Waals surface area (Å²) in [6.07, 6.45) is 1.50. The number of carbonyl (C=O) groups excluding carboxylic acids is 2. The Hall–Kier alpha value is -3.29. The second kappa shape index (κ2) is 6.22. The van der Waals surface area contributed by atoms with Gasteiger partial charge in [0.2, 0.25) is 5.91 Å². The minimum absolute atomic E-state index is 0.104. The van der Waals surface area contributed by atoms with Crippen LogP contribution in [0.15, 0.2) is 50.2 Å². The Balaban J connectivity index is 1.52. The van der Waals surface area contributed by atoms with E-state index < -0.39 is 5.76 Å². The summed E-state index contributed by atoms with van der Waals surface area (Å²) < 4.78 is 9.82. The number of fused-ring (bicyclic) bond motifs is 1. The first-order chi connectivity index (χ1) is 11.1. The zero-order valence-electron chi connectivity index (χ0n) is 11.9. The zero-order valence-corrected chi connectivity index (χ0v) is 11.9. The van der Waals surface area contributed by atoms with Crippen molar-refractivity contribution in [2.24, 2.45) is 0 Å². The van der Waals surface area contributed by atoms with E-state index >= 15 is 0 Å². The molecule has 118 valence electrons. The first-order valence-electron chi connectivity index (χ1n) is 6.86. The van der Waals surface area contributed by atoms with Crippen LogP contribution >= 0.6 is 0 Å². The average molecular weight is 315 g/mol. The van der Waals surface area contributed by atoms with Crippen molar-refractivity contribution >= 4 is 28.6 Å². The van der Waals surface area contributed by atoms with Gasteiger partial charge in [0.05, 0.1) is 11.8 Å². The summed E-state index contributed by atoms with van der Waals surface area (Å²) in [7, 11) is 0. The fourth-order valence-electron chi connectivity index (χ4n) is 2.04. The summed E-state index contributed by atoms with van der Waals surface area (Å²) in [6, 6.07) is 7.95. The number of aromatic amines is 1. The molecule has 8 heteroatoms. The Kier molecular flexibility index (Phi) is 3.96. The van der Waals surface area contributed by atoms with Gasteiger partial charge in [0.15, 0.2) is 11.3 Å². The van der Waals surface area contributed by atoms with Crippen molar-refractivity contribution in [1.29, 1.82) is 0 Å². The zero-order chi connectivity index (χ0) is 16.2. The van der Waals surface area contributed by atoms with Crippen LogP contribution in [-0.4, -0.2) is 23.3 Å². The van der Waals surface area contributed by atoms with Crippen LogP contribution in [0.5, 0.6) is 0 Å². The smallest absolute Gasteiger partial charge is 0.417 e. The third-order valence-electron chi connectivity index (χ3n) is 3.09. The van der Waals surface area contributed by atoms with Crippen molar-refractivity contribution in [1.82, 2.24) is 10.3 Å². The highest BCUT2D eigenvalue weighted by Gasteiger charge is 2.09. The van der Waals surface area contributed by atoms with E-state index in [1.165, 1.54) is 12.3 Å². The quantitative estimate of drug-likeness (QED) is 0.659. The topological polar surface area (TPSA) is 117 Å². The predicted molar refractivity (Wildman–Crippen MR) is 81.1 cm³/mol. The molecule has 0 spiro atoms. The van der Waals surface area contributed by atoms with Gasteiger partial charge in [0.1, 0.15) is 0 Å². The molecule has 0 unspecified atom stereocenters. The second-order valence-electron chi connectivity index (χ2n) is 4.76. The maximum absolute atomic E-state index is 11.8. The third kappa shape index (κ3) is 3.49. The van der Waals surface area contributed by atoms with Crippen LogP contribution in [0.4, 0.5) is 5.69 Å². The summed E-state index contributed by atoms with van der Waals surface area (Å²) in [4.78, 5) is 37.0. The number of H-pyrrole nitrogens is 1. The van der Waals surface area contributed by atoms with E-state index in [1.54, 1.807) is 24.3 Å². The first-order valence-corrected chi connectivity index (χ1v) is 6.86. The molecule has 3 N–H and O–H groups in total. The van der Waals surface area contributed by atoms with Gasteiger partial charge in [-0.05, 0) is 30.3 Å². The molecule has 0 saturated carbocycles. The minimum Gasteiger partial charge on any atom is -0.459 e. The lowest BCUT2D eigenvalue weighted by atomic mass is 10.2. The maximum Gasteiger partial charge on any atom is 0.417 e. The SMILES string of the molecule is O=C(CCNC(=O)c1ccco1)Nc1ccc2oc(=O)[nH]c2c1. The van der Waals surface area contributed by atoms with Gasteiger partial charge < -0.3 is 19.5 Å². The van der Waals surface area contributed by atoms with Gasteiger partial charge in [0.25, 0.3) is 5.91 Å². The molecule has 0 bridgehead atoms. The fraction of sp³-hybridized carbons (Fsp3) is 0.133. The van der Waals surface area contributed by atoms with Crippen molar-refractivity contribution < 1.29 is 18.4 Å². The number of nitrogens with one attached hydrogen (secondary N) is 3. The van der Waals surface area contributed by atoms with Crippen LogP contribution in [0.25, 0.3) is 11.1 Å². The molecule has 2 heterocycles. The van der Waals surface area contributed by atoms with E-state index in [-0.39, 0.29) is 30.5 Å². The number of rotatable bonds is 5. The van der Waals surface area contributed by atoms with Crippen LogP contribution < -0.4 is 16.4 Å². The van der Waals surface area contributed by atoms with Gasteiger partial charge in [-0.15, -0.1) is 0 Å². The monoisotopic (exact) mass is 315 g/mol. The molecule has 0 saturated heterocycles. The van der Waals surface area contributed by atoms with Crippen molar-refractivity contribution in [3.8, 4) is 0 Å². The molecule has 2 amide bonds. The van der Waals surface area contributed by atoms with Gasteiger partial charge in [-0.25, -0.2) is 4.79 Å². The number of anilines is 1. The number of furan rings is 1. The van der Waals surface area contributed by atoms with Crippen molar-refractivity contribution in [2.45, 2.75) is 6.42 Å². The van der Waals surface area contributed by atoms with E-state index in [4.69, 9.17) is 8.83 Å². The van der Waals surface area contributed by atoms with Crippen LogP contribution in [0.1, 0.15) is 17.0 Å². The predicted octanol–water partition coefficient (Wildman–Crippen LogP) is 1.47. The summed E-state index contributed by atoms with van der Waals surface area (Å²) in [5.41, 5.74) is 1.44. The van der Waals surface area contributed by atoms with Crippen LogP contribution in [0.3, 0.4) is 0 Å². The van der Waals surface area contributed by atoms with E-state index in [9.17, 15) is 14.4 Å². The third-order valence-corrected chi connectivity index (χ3v) is 3.09. The molecule has 3 rings (SSSR count). The number of amides is 2. The van der Waals surface area contributed by atoms with Gasteiger partial charge in [-0.2, -0.15) is 0 Å². The highest BCUT2D eigenvalue weighted by Crippen LogP contribution is 2.16. The molecule has 0 atom stereocenters. The highest BCUT2D eigenvalue weighted by atomic mass is 16.4. The van der Waals surface area contributed by atoms with E-state index in [1.807, 2.05) is 0 Å². The summed E-state index contributed by atoms with van der Waals surface area (Å²) in [5.74, 6) is -1.00. The van der Waals surface area contributed by atoms with Gasteiger partial charge >= 0.3 is 5.76 Å². The molecule has 0 aliphatic rings. The lowest BCUT2D eigenvalue weighted by Crippen LogP contribution is -2.27. The Morgan fingerprint density at radius 3 is 2.87 bits per heavy atom. The fourth-order valence-corrected chi connectivity index (χ4v) is 2.04. The standard InChI is InChI=1S/C15H13N3O5/c19-13(5-6-16-14(20)12-2-1-7-22-12)17-9-3-4-11-10(8-9)18-15(21)23-11/h1-4,7-8H,5-6H2,(H,16,20)(H,17,19)(H,18,21). The number of oxazole rings is 1. The molecule has 0 radical (unpaired) electrons. The molecular weight excluding hydrogens is 302 g/mol. The first kappa shape index (κ1) is 14.6. The van der Waals surface area contributed by atoms with Crippen molar-refractivity contribution in [3.05, 3.63) is 52.9 Å². The van der Waals surface area contributed by atoms with Gasteiger partial charge in [-0.3, -0.25) is 14.6 Å². The van der Waals surface area contributed by atoms with Gasteiger partial charge in [0, 0.05) is 18.7 Å². The Morgan fingerprint density at radius 2 is 2.09 bits per heavy atom. The molecule has 0 aliphatic heterocycles. The number of carbonyl (C=O) groups is 2. The minimum atomic E-state index is -0.552. The molecule has 1 aromatic carbocycles. The van der Waals surface area contributed by atoms with E-state index in [2.05, 4.69) is 15.6 Å². The van der Waals surface area contributed by atoms with Crippen molar-refractivity contribution in [3.63, 3.8) is 0 Å². The number of hydrogen-bond donors (Lipinski definition) is 3. The lowest BCUT2D eigenvalue weighted by Gasteiger charge is -2.06. The summed E-state index contributed by atoms with van der Waals surface area (Å²) in [5, 5.41) is 5.25. The van der Waals surface area contributed by atoms with Crippen LogP contribution in [-0.2, 0) is 4.79 Å². The molecule has 0 aliphatic carbocycles. The summed E-state index contributed by atoms with van der Waals surface area (Å²) in [6.45, 7) is 0.177. The Labute approximate surface area is 129 Å². The van der Waals surface area contributed by atoms with E-state index in [0.29, 0.717) is 16.8 Å². The Bertz CT molecular complexity index is 891. The maximum atomic E-state index is 11.8. The normalized spacial score (nSPS) is 10.6. The number of benzene rings is 1. The number of hydrogen-bond acceptors (Lipinski definition) is 5. The van der Waals surface area contributed by atoms with E-state index in [0.717, 1.165) is 0 Å². The molecule has 8 nitrogen and oxygen atoms in total. The second-order valence-corrected chi connectivity index (χ2v) is 4.76. The number of aromatic nitrogens is 1. The van der Waals surface area contributed by atoms with Crippen molar-refractivity contribution in [2.75, 3.05) is 11.9 Å². The summed E-state index contributed by atoms with van der Waals surface area (Å²) >= 11 is 0. The highest BCUT2D eigenvalue weighted by molar-refractivity contribution is 5.94. The lowest BCUT2D eigenvalue weighted by molar-refractivity contribution is -0.116. The molecule has 0 fully saturated rings. The molecule has 3 aromatic rings. The average Bonchev–Trinajstić information content (AvgIpc) is 3.15. The molecule has 23 heavy (non-hydrogen) atoms. The molecule has 2 aromatic heterocycles. The molecular formula is C15H13N3O5. The van der Waals surface area contributed by atoms with Gasteiger partial charge in [-0.1, -0.05) is 0 Å². The van der Waals surface area contributed by atoms with Crippen LogP contribution in [0.2, 0.25) is 0 Å². The largest absolute Gasteiger partial charge is 0.459 e.